The van der Waals surface area contributed by atoms with Gasteiger partial charge in [-0.3, -0.25) is 0 Å². The van der Waals surface area contributed by atoms with Gasteiger partial charge in [0.05, 0.1) is 26.0 Å². The number of ether oxygens (including phenoxy) is 2. The summed E-state index contributed by atoms with van der Waals surface area (Å²) in [5.41, 5.74) is 4.65. The average molecular weight is 367 g/mol. The third-order valence-corrected chi connectivity index (χ3v) is 3.88. The van der Waals surface area contributed by atoms with Crippen molar-refractivity contribution in [3.05, 3.63) is 57.6 Å². The lowest BCUT2D eigenvalue weighted by Crippen LogP contribution is -2.08. The van der Waals surface area contributed by atoms with Crippen LogP contribution in [0.15, 0.2) is 41.5 Å². The summed E-state index contributed by atoms with van der Waals surface area (Å²) in [7, 11) is 1.61. The standard InChI is InChI=1S/C18H20Cl2N2O2/c1-12(2)24-17-8-7-13(9-18(17)23-3)10-21-22-11-14-15(19)5-4-6-16(14)20/h4-10,12,22H,11H2,1-3H3/b21-10+. The van der Waals surface area contributed by atoms with Crippen LogP contribution in [0.1, 0.15) is 25.0 Å². The quantitative estimate of drug-likeness (QED) is 0.558. The molecule has 2 aromatic carbocycles. The van der Waals surface area contributed by atoms with Gasteiger partial charge in [0.25, 0.3) is 0 Å². The predicted octanol–water partition coefficient (Wildman–Crippen LogP) is 4.91. The van der Waals surface area contributed by atoms with Crippen molar-refractivity contribution in [1.29, 1.82) is 0 Å². The number of hydrogen-bond donors (Lipinski definition) is 1. The normalized spacial score (nSPS) is 11.1. The van der Waals surface area contributed by atoms with Crippen LogP contribution in [0.2, 0.25) is 10.0 Å². The van der Waals surface area contributed by atoms with Crippen molar-refractivity contribution >= 4 is 29.4 Å². The number of benzene rings is 2. The molecule has 128 valence electrons. The maximum Gasteiger partial charge on any atom is 0.161 e. The molecule has 0 amide bonds. The summed E-state index contributed by atoms with van der Waals surface area (Å²) in [5.74, 6) is 1.38. The summed E-state index contributed by atoms with van der Waals surface area (Å²) in [6.45, 7) is 4.39. The SMILES string of the molecule is COc1cc(/C=N/NCc2c(Cl)cccc2Cl)ccc1OC(C)C. The van der Waals surface area contributed by atoms with Crippen LogP contribution in [-0.4, -0.2) is 19.4 Å². The second-order valence-corrected chi connectivity index (χ2v) is 6.18. The van der Waals surface area contributed by atoms with Crippen molar-refractivity contribution in [2.24, 2.45) is 5.10 Å². The number of hydrazone groups is 1. The van der Waals surface area contributed by atoms with Gasteiger partial charge in [0.1, 0.15) is 0 Å². The Balaban J connectivity index is 2.01. The lowest BCUT2D eigenvalue weighted by atomic mass is 10.2. The molecular weight excluding hydrogens is 347 g/mol. The molecule has 24 heavy (non-hydrogen) atoms. The third kappa shape index (κ3) is 5.05. The summed E-state index contributed by atoms with van der Waals surface area (Å²) < 4.78 is 11.0. The molecule has 1 N–H and O–H groups in total. The molecule has 0 spiro atoms. The molecule has 0 unspecified atom stereocenters. The van der Waals surface area contributed by atoms with Gasteiger partial charge >= 0.3 is 0 Å². The number of methoxy groups -OCH3 is 1. The van der Waals surface area contributed by atoms with Gasteiger partial charge in [-0.25, -0.2) is 0 Å². The van der Waals surface area contributed by atoms with E-state index in [0.29, 0.717) is 28.1 Å². The molecule has 0 aromatic heterocycles. The van der Waals surface area contributed by atoms with E-state index in [1.807, 2.05) is 38.1 Å². The molecule has 6 heteroatoms. The van der Waals surface area contributed by atoms with Crippen LogP contribution in [-0.2, 0) is 6.54 Å². The maximum absolute atomic E-state index is 6.12. The topological polar surface area (TPSA) is 42.8 Å². The second-order valence-electron chi connectivity index (χ2n) is 5.37. The molecular formula is C18H20Cl2N2O2. The zero-order valence-corrected chi connectivity index (χ0v) is 15.4. The van der Waals surface area contributed by atoms with Crippen molar-refractivity contribution in [3.8, 4) is 11.5 Å². The molecule has 4 nitrogen and oxygen atoms in total. The lowest BCUT2D eigenvalue weighted by molar-refractivity contribution is 0.230. The molecule has 0 radical (unpaired) electrons. The summed E-state index contributed by atoms with van der Waals surface area (Å²) in [5, 5.41) is 5.42. The van der Waals surface area contributed by atoms with Crippen LogP contribution >= 0.6 is 23.2 Å². The first-order chi connectivity index (χ1) is 11.5. The highest BCUT2D eigenvalue weighted by Crippen LogP contribution is 2.28. The number of nitrogens with one attached hydrogen (secondary N) is 1. The highest BCUT2D eigenvalue weighted by Gasteiger charge is 2.07. The first kappa shape index (κ1) is 18.4. The van der Waals surface area contributed by atoms with Crippen LogP contribution in [0.4, 0.5) is 0 Å². The number of nitrogens with zero attached hydrogens (tertiary/aromatic N) is 1. The Labute approximate surface area is 152 Å². The van der Waals surface area contributed by atoms with E-state index in [4.69, 9.17) is 32.7 Å². The van der Waals surface area contributed by atoms with E-state index in [1.54, 1.807) is 25.5 Å². The zero-order chi connectivity index (χ0) is 17.5. The average Bonchev–Trinajstić information content (AvgIpc) is 2.54. The number of rotatable bonds is 7. The Hall–Kier alpha value is -1.91. The Morgan fingerprint density at radius 1 is 1.12 bits per heavy atom. The molecule has 0 aliphatic carbocycles. The fourth-order valence-corrected chi connectivity index (χ4v) is 2.59. The molecule has 0 aliphatic heterocycles. The Morgan fingerprint density at radius 3 is 2.46 bits per heavy atom. The van der Waals surface area contributed by atoms with Crippen molar-refractivity contribution in [2.75, 3.05) is 7.11 Å². The molecule has 2 aromatic rings. The van der Waals surface area contributed by atoms with E-state index in [-0.39, 0.29) is 6.10 Å². The summed E-state index contributed by atoms with van der Waals surface area (Å²) in [6.07, 6.45) is 1.78. The van der Waals surface area contributed by atoms with Gasteiger partial charge in [-0.2, -0.15) is 5.10 Å². The van der Waals surface area contributed by atoms with Gasteiger partial charge in [0.15, 0.2) is 11.5 Å². The smallest absolute Gasteiger partial charge is 0.161 e. The zero-order valence-electron chi connectivity index (χ0n) is 13.8. The van der Waals surface area contributed by atoms with E-state index in [9.17, 15) is 0 Å². The maximum atomic E-state index is 6.12. The third-order valence-electron chi connectivity index (χ3n) is 3.17. The van der Waals surface area contributed by atoms with Gasteiger partial charge in [0, 0.05) is 15.6 Å². The molecule has 2 rings (SSSR count). The Kier molecular flexibility index (Phi) is 6.76. The molecule has 0 saturated carbocycles. The van der Waals surface area contributed by atoms with Gasteiger partial charge in [-0.1, -0.05) is 29.3 Å². The summed E-state index contributed by atoms with van der Waals surface area (Å²) in [6, 6.07) is 11.0. The highest BCUT2D eigenvalue weighted by atomic mass is 35.5. The van der Waals surface area contributed by atoms with Crippen LogP contribution in [0.5, 0.6) is 11.5 Å². The summed E-state index contributed by atoms with van der Waals surface area (Å²) in [4.78, 5) is 0. The van der Waals surface area contributed by atoms with Crippen LogP contribution in [0.3, 0.4) is 0 Å². The van der Waals surface area contributed by atoms with Gasteiger partial charge < -0.3 is 14.9 Å². The molecule has 0 bridgehead atoms. The first-order valence-electron chi connectivity index (χ1n) is 7.54. The van der Waals surface area contributed by atoms with Gasteiger partial charge in [0.2, 0.25) is 0 Å². The highest BCUT2D eigenvalue weighted by molar-refractivity contribution is 6.35. The van der Waals surface area contributed by atoms with Crippen LogP contribution in [0, 0.1) is 0 Å². The van der Waals surface area contributed by atoms with Crippen LogP contribution < -0.4 is 14.9 Å². The number of halogens is 2. The van der Waals surface area contributed by atoms with E-state index >= 15 is 0 Å². The fraction of sp³-hybridized carbons (Fsp3) is 0.278. The largest absolute Gasteiger partial charge is 0.493 e. The molecule has 0 atom stereocenters. The fourth-order valence-electron chi connectivity index (χ4n) is 2.06. The van der Waals surface area contributed by atoms with Gasteiger partial charge in [-0.15, -0.1) is 0 Å². The van der Waals surface area contributed by atoms with Crippen molar-refractivity contribution < 1.29 is 9.47 Å². The van der Waals surface area contributed by atoms with E-state index in [0.717, 1.165) is 11.1 Å². The van der Waals surface area contributed by atoms with Crippen molar-refractivity contribution in [3.63, 3.8) is 0 Å². The first-order valence-corrected chi connectivity index (χ1v) is 8.30. The molecule has 0 saturated heterocycles. The minimum atomic E-state index is 0.0838. The molecule has 0 heterocycles. The number of hydrogen-bond acceptors (Lipinski definition) is 4. The van der Waals surface area contributed by atoms with Crippen molar-refractivity contribution in [1.82, 2.24) is 5.43 Å². The van der Waals surface area contributed by atoms with E-state index in [1.165, 1.54) is 0 Å². The minimum Gasteiger partial charge on any atom is -0.493 e. The summed E-state index contributed by atoms with van der Waals surface area (Å²) >= 11 is 12.2. The molecule has 0 aliphatic rings. The second kappa shape index (κ2) is 8.81. The Bertz CT molecular complexity index is 698. The lowest BCUT2D eigenvalue weighted by Gasteiger charge is -2.13. The monoisotopic (exact) mass is 366 g/mol. The van der Waals surface area contributed by atoms with E-state index in [2.05, 4.69) is 10.5 Å². The van der Waals surface area contributed by atoms with E-state index < -0.39 is 0 Å². The minimum absolute atomic E-state index is 0.0838. The van der Waals surface area contributed by atoms with Crippen molar-refractivity contribution in [2.45, 2.75) is 26.5 Å². The van der Waals surface area contributed by atoms with Crippen LogP contribution in [0.25, 0.3) is 0 Å². The predicted molar refractivity (Wildman–Crippen MR) is 99.7 cm³/mol. The van der Waals surface area contributed by atoms with Gasteiger partial charge in [-0.05, 0) is 49.7 Å². The Morgan fingerprint density at radius 2 is 1.83 bits per heavy atom. The molecule has 0 fully saturated rings.